The number of rotatable bonds is 6. The van der Waals surface area contributed by atoms with E-state index in [1.807, 2.05) is 0 Å². The van der Waals surface area contributed by atoms with Crippen molar-refractivity contribution in [3.05, 3.63) is 119 Å². The second kappa shape index (κ2) is 15.6. The fourth-order valence-electron chi connectivity index (χ4n) is 8.31. The molecular formula is C40H40F2N14O4. The third kappa shape index (κ3) is 6.96. The van der Waals surface area contributed by atoms with Crippen molar-refractivity contribution in [3.8, 4) is 0 Å². The van der Waals surface area contributed by atoms with E-state index in [0.29, 0.717) is 86.0 Å². The SMILES string of the molecule is CN1C(=O)[C@@H](NC(=O)c2nc3n(n2)[C@@H](c2ccccc2F)CC3)CCn2nccc21.CN1C(=O)[C@@H](NC(=O)c2nc3n(n2)[C@H](c2ccccc2F)CC3)CCn2nccc21. The Morgan fingerprint density at radius 1 is 0.617 bits per heavy atom. The molecule has 0 unspecified atom stereocenters. The van der Waals surface area contributed by atoms with Crippen LogP contribution in [0.3, 0.4) is 0 Å². The number of aromatic nitrogens is 10. The molecule has 308 valence electrons. The molecule has 60 heavy (non-hydrogen) atoms. The Bertz CT molecular complexity index is 2450. The van der Waals surface area contributed by atoms with Crippen LogP contribution in [0.5, 0.6) is 0 Å². The number of hydrogen-bond acceptors (Lipinski definition) is 10. The minimum absolute atomic E-state index is 0.0107. The Morgan fingerprint density at radius 2 is 1.03 bits per heavy atom. The molecule has 0 saturated heterocycles. The number of likely N-dealkylation sites (N-methyl/N-ethyl adjacent to an activating group) is 2. The van der Waals surface area contributed by atoms with E-state index in [1.54, 1.807) is 93.7 Å². The van der Waals surface area contributed by atoms with Gasteiger partial charge >= 0.3 is 0 Å². The normalized spacial score (nSPS) is 20.6. The highest BCUT2D eigenvalue weighted by atomic mass is 19.1. The van der Waals surface area contributed by atoms with Gasteiger partial charge in [0.25, 0.3) is 23.6 Å². The Morgan fingerprint density at radius 3 is 1.45 bits per heavy atom. The van der Waals surface area contributed by atoms with Gasteiger partial charge in [-0.2, -0.15) is 10.2 Å². The summed E-state index contributed by atoms with van der Waals surface area (Å²) in [6.07, 6.45) is 6.66. The minimum atomic E-state index is -0.704. The molecule has 0 aliphatic carbocycles. The standard InChI is InChI=1S/2C20H20FN7O2/c2*1-26-17-8-10-22-27(17)11-9-14(20(26)30)23-19(29)18-24-16-7-6-15(28(16)25-18)12-4-2-3-5-13(12)21/h2*2-5,8,10,14-15H,6-7,9,11H2,1H3,(H,23,29)/t14-,15+;14-,15-/m00/s1. The molecule has 20 heteroatoms. The van der Waals surface area contributed by atoms with Crippen LogP contribution in [-0.2, 0) is 35.5 Å². The zero-order valence-electron chi connectivity index (χ0n) is 32.6. The lowest BCUT2D eigenvalue weighted by molar-refractivity contribution is -0.120. The second-order valence-electron chi connectivity index (χ2n) is 15.0. The number of amides is 4. The largest absolute Gasteiger partial charge is 0.337 e. The van der Waals surface area contributed by atoms with E-state index in [-0.39, 0.29) is 47.2 Å². The number of halogens is 2. The fraction of sp³-hybridized carbons (Fsp3) is 0.350. The lowest BCUT2D eigenvalue weighted by atomic mass is 10.0. The molecule has 0 fully saturated rings. The number of fused-ring (bicyclic) bond motifs is 4. The van der Waals surface area contributed by atoms with E-state index in [0.717, 1.165) is 0 Å². The van der Waals surface area contributed by atoms with Gasteiger partial charge < -0.3 is 10.6 Å². The quantitative estimate of drug-likeness (QED) is 0.252. The highest BCUT2D eigenvalue weighted by molar-refractivity contribution is 6.01. The van der Waals surface area contributed by atoms with Crippen LogP contribution in [0.15, 0.2) is 73.1 Å². The molecule has 4 aromatic heterocycles. The molecule has 10 rings (SSSR count). The number of nitrogens with one attached hydrogen (secondary N) is 2. The Hall–Kier alpha value is -7.12. The molecule has 0 saturated carbocycles. The maximum Gasteiger partial charge on any atom is 0.291 e. The Labute approximate surface area is 341 Å². The summed E-state index contributed by atoms with van der Waals surface area (Å²) in [7, 11) is 3.31. The molecule has 4 atom stereocenters. The number of nitrogens with zero attached hydrogens (tertiary/aromatic N) is 12. The first-order valence-electron chi connectivity index (χ1n) is 19.7. The number of carbonyl (C=O) groups excluding carboxylic acids is 4. The van der Waals surface area contributed by atoms with Gasteiger partial charge in [-0.3, -0.25) is 29.0 Å². The van der Waals surface area contributed by atoms with Crippen LogP contribution in [-0.4, -0.2) is 98.9 Å². The summed E-state index contributed by atoms with van der Waals surface area (Å²) < 4.78 is 35.1. The van der Waals surface area contributed by atoms with Gasteiger partial charge in [-0.1, -0.05) is 36.4 Å². The highest BCUT2D eigenvalue weighted by Crippen LogP contribution is 2.33. The molecule has 2 N–H and O–H groups in total. The van der Waals surface area contributed by atoms with E-state index >= 15 is 0 Å². The number of aryl methyl sites for hydroxylation is 4. The molecular weight excluding hydrogens is 779 g/mol. The predicted octanol–water partition coefficient (Wildman–Crippen LogP) is 2.63. The second-order valence-corrected chi connectivity index (χ2v) is 15.0. The fourth-order valence-corrected chi connectivity index (χ4v) is 8.31. The average molecular weight is 819 g/mol. The lowest BCUT2D eigenvalue weighted by Crippen LogP contribution is -2.47. The molecule has 4 aliphatic heterocycles. The molecule has 4 amide bonds. The topological polar surface area (TPSA) is 196 Å². The molecule has 18 nitrogen and oxygen atoms in total. The number of hydrogen-bond donors (Lipinski definition) is 2. The molecule has 0 bridgehead atoms. The van der Waals surface area contributed by atoms with Crippen molar-refractivity contribution < 1.29 is 28.0 Å². The summed E-state index contributed by atoms with van der Waals surface area (Å²) in [5, 5.41) is 22.6. The van der Waals surface area contributed by atoms with E-state index in [2.05, 4.69) is 41.0 Å². The third-order valence-electron chi connectivity index (χ3n) is 11.4. The Kier molecular flexibility index (Phi) is 9.96. The van der Waals surface area contributed by atoms with Crippen molar-refractivity contribution in [2.75, 3.05) is 23.9 Å². The van der Waals surface area contributed by atoms with Gasteiger partial charge in [0.1, 0.15) is 47.0 Å². The van der Waals surface area contributed by atoms with Crippen molar-refractivity contribution >= 4 is 35.3 Å². The molecule has 0 spiro atoms. The first-order chi connectivity index (χ1) is 29.0. The lowest BCUT2D eigenvalue weighted by Gasteiger charge is -2.19. The summed E-state index contributed by atoms with van der Waals surface area (Å²) in [5.74, 6) is 0.529. The van der Waals surface area contributed by atoms with Gasteiger partial charge in [0, 0.05) is 63.3 Å². The Balaban J connectivity index is 0.000000154. The van der Waals surface area contributed by atoms with E-state index in [4.69, 9.17) is 0 Å². The van der Waals surface area contributed by atoms with Crippen LogP contribution in [0.25, 0.3) is 0 Å². The van der Waals surface area contributed by atoms with E-state index in [1.165, 1.54) is 21.9 Å². The number of carbonyl (C=O) groups is 4. The molecule has 2 aromatic carbocycles. The maximum absolute atomic E-state index is 14.2. The zero-order valence-corrected chi connectivity index (χ0v) is 32.6. The molecule has 8 heterocycles. The van der Waals surface area contributed by atoms with Crippen molar-refractivity contribution in [1.29, 1.82) is 0 Å². The first-order valence-corrected chi connectivity index (χ1v) is 19.7. The number of anilines is 2. The van der Waals surface area contributed by atoms with Crippen LogP contribution < -0.4 is 20.4 Å². The molecule has 4 aliphatic rings. The first kappa shape index (κ1) is 38.4. The molecule has 0 radical (unpaired) electrons. The van der Waals surface area contributed by atoms with Crippen molar-refractivity contribution in [1.82, 2.24) is 59.7 Å². The van der Waals surface area contributed by atoms with Gasteiger partial charge in [-0.05, 0) is 37.8 Å². The smallest absolute Gasteiger partial charge is 0.291 e. The van der Waals surface area contributed by atoms with Crippen LogP contribution in [0.1, 0.15) is 81.8 Å². The summed E-state index contributed by atoms with van der Waals surface area (Å²) in [6, 6.07) is 14.6. The number of benzene rings is 2. The van der Waals surface area contributed by atoms with Gasteiger partial charge in [0.05, 0.1) is 24.5 Å². The van der Waals surface area contributed by atoms with E-state index < -0.39 is 23.9 Å². The summed E-state index contributed by atoms with van der Waals surface area (Å²) in [6.45, 7) is 1.01. The van der Waals surface area contributed by atoms with Gasteiger partial charge in [0.15, 0.2) is 0 Å². The summed E-state index contributed by atoms with van der Waals surface area (Å²) in [4.78, 5) is 62.8. The van der Waals surface area contributed by atoms with Crippen LogP contribution in [0.2, 0.25) is 0 Å². The van der Waals surface area contributed by atoms with Crippen LogP contribution >= 0.6 is 0 Å². The minimum Gasteiger partial charge on any atom is -0.337 e. The van der Waals surface area contributed by atoms with Crippen molar-refractivity contribution in [2.24, 2.45) is 0 Å². The van der Waals surface area contributed by atoms with Gasteiger partial charge in [-0.15, -0.1) is 10.2 Å². The summed E-state index contributed by atoms with van der Waals surface area (Å²) in [5.41, 5.74) is 1.06. The monoisotopic (exact) mass is 818 g/mol. The predicted molar refractivity (Wildman–Crippen MR) is 209 cm³/mol. The zero-order chi connectivity index (χ0) is 41.7. The van der Waals surface area contributed by atoms with Gasteiger partial charge in [0.2, 0.25) is 11.6 Å². The maximum atomic E-state index is 14.2. The van der Waals surface area contributed by atoms with Crippen molar-refractivity contribution in [2.45, 2.75) is 75.8 Å². The average Bonchev–Trinajstić information content (AvgIpc) is 4.10. The van der Waals surface area contributed by atoms with E-state index in [9.17, 15) is 28.0 Å². The van der Waals surface area contributed by atoms with Crippen molar-refractivity contribution in [3.63, 3.8) is 0 Å². The molecule has 6 aromatic rings. The third-order valence-corrected chi connectivity index (χ3v) is 11.4. The van der Waals surface area contributed by atoms with Gasteiger partial charge in [-0.25, -0.2) is 37.5 Å². The summed E-state index contributed by atoms with van der Waals surface area (Å²) >= 11 is 0. The highest BCUT2D eigenvalue weighted by Gasteiger charge is 2.36. The van der Waals surface area contributed by atoms with Crippen LogP contribution in [0.4, 0.5) is 20.4 Å². The van der Waals surface area contributed by atoms with Crippen LogP contribution in [0, 0.1) is 11.6 Å².